The van der Waals surface area contributed by atoms with Crippen LogP contribution in [0, 0.1) is 0 Å². The maximum atomic E-state index is 10.9. The van der Waals surface area contributed by atoms with Gasteiger partial charge in [0.05, 0.1) is 7.11 Å². The van der Waals surface area contributed by atoms with Crippen molar-refractivity contribution in [3.8, 4) is 17.0 Å². The average Bonchev–Trinajstić information content (AvgIpc) is 2.61. The molecule has 0 spiro atoms. The van der Waals surface area contributed by atoms with Crippen molar-refractivity contribution in [3.05, 3.63) is 48.2 Å². The summed E-state index contributed by atoms with van der Waals surface area (Å²) in [5, 5.41) is 8.90. The lowest BCUT2D eigenvalue weighted by atomic mass is 10.0. The van der Waals surface area contributed by atoms with E-state index in [0.717, 1.165) is 16.7 Å². The molecule has 0 aliphatic rings. The molecule has 24 heavy (non-hydrogen) atoms. The molecule has 1 aromatic heterocycles. The zero-order chi connectivity index (χ0) is 17.4. The Labute approximate surface area is 140 Å². The van der Waals surface area contributed by atoms with Gasteiger partial charge in [0.2, 0.25) is 5.88 Å². The van der Waals surface area contributed by atoms with Crippen molar-refractivity contribution in [3.63, 3.8) is 0 Å². The molecule has 1 atom stereocenters. The summed E-state index contributed by atoms with van der Waals surface area (Å²) in [6.07, 6.45) is 2.30. The predicted octanol–water partition coefficient (Wildman–Crippen LogP) is 2.71. The number of hydrogen-bond donors (Lipinski definition) is 1. The van der Waals surface area contributed by atoms with Gasteiger partial charge >= 0.3 is 5.97 Å². The zero-order valence-corrected chi connectivity index (χ0v) is 13.3. The minimum atomic E-state index is -1.12. The molecule has 0 aliphatic heterocycles. The van der Waals surface area contributed by atoms with Gasteiger partial charge in [-0.15, -0.1) is 0 Å². The molecule has 0 saturated carbocycles. The Bertz CT molecular complexity index is 667. The number of ether oxygens (including phenoxy) is 2. The molecule has 0 amide bonds. The summed E-state index contributed by atoms with van der Waals surface area (Å²) in [4.78, 5) is 25.3. The molecule has 2 rings (SSSR count). The fourth-order valence-corrected chi connectivity index (χ4v) is 2.34. The van der Waals surface area contributed by atoms with Crippen LogP contribution in [-0.2, 0) is 20.7 Å². The second-order valence-corrected chi connectivity index (χ2v) is 5.24. The highest BCUT2D eigenvalue weighted by Gasteiger charge is 2.17. The average molecular weight is 329 g/mol. The van der Waals surface area contributed by atoms with E-state index in [1.165, 1.54) is 0 Å². The Balaban J connectivity index is 1.91. The molecule has 6 heteroatoms. The van der Waals surface area contributed by atoms with Crippen molar-refractivity contribution < 1.29 is 24.2 Å². The van der Waals surface area contributed by atoms with E-state index in [2.05, 4.69) is 9.72 Å². The summed E-state index contributed by atoms with van der Waals surface area (Å²) in [6, 6.07) is 11.7. The van der Waals surface area contributed by atoms with Crippen molar-refractivity contribution in [2.24, 2.45) is 0 Å². The number of carbonyl (C=O) groups is 2. The van der Waals surface area contributed by atoms with Crippen LogP contribution in [0.3, 0.4) is 0 Å². The molecule has 1 N–H and O–H groups in total. The molecule has 126 valence electrons. The number of nitrogens with zero attached hydrogens (tertiary/aromatic N) is 1. The van der Waals surface area contributed by atoms with Gasteiger partial charge in [-0.25, -0.2) is 9.78 Å². The largest absolute Gasteiger partial charge is 0.481 e. The van der Waals surface area contributed by atoms with Crippen LogP contribution in [0.2, 0.25) is 0 Å². The van der Waals surface area contributed by atoms with Crippen molar-refractivity contribution in [1.82, 2.24) is 4.98 Å². The van der Waals surface area contributed by atoms with Crippen molar-refractivity contribution in [2.45, 2.75) is 25.4 Å². The lowest BCUT2D eigenvalue weighted by molar-refractivity contribution is -0.156. The molecular weight excluding hydrogens is 310 g/mol. The van der Waals surface area contributed by atoms with Crippen LogP contribution in [-0.4, -0.2) is 35.7 Å². The van der Waals surface area contributed by atoms with Crippen LogP contribution in [0.15, 0.2) is 42.6 Å². The fraction of sp³-hybridized carbons (Fsp3) is 0.278. The maximum Gasteiger partial charge on any atom is 0.345 e. The topological polar surface area (TPSA) is 85.7 Å². The molecule has 0 fully saturated rings. The minimum Gasteiger partial charge on any atom is -0.481 e. The summed E-state index contributed by atoms with van der Waals surface area (Å²) in [5.74, 6) is -0.551. The van der Waals surface area contributed by atoms with Crippen molar-refractivity contribution in [2.75, 3.05) is 7.11 Å². The smallest absolute Gasteiger partial charge is 0.345 e. The number of pyridine rings is 1. The lowest BCUT2D eigenvalue weighted by Gasteiger charge is -2.10. The van der Waals surface area contributed by atoms with Gasteiger partial charge in [0.25, 0.3) is 6.47 Å². The van der Waals surface area contributed by atoms with E-state index in [4.69, 9.17) is 9.84 Å². The fourth-order valence-electron chi connectivity index (χ4n) is 2.34. The van der Waals surface area contributed by atoms with Crippen LogP contribution in [0.1, 0.15) is 18.4 Å². The number of hydrogen-bond acceptors (Lipinski definition) is 5. The van der Waals surface area contributed by atoms with E-state index in [1.807, 2.05) is 36.4 Å². The molecular formula is C18H19NO5. The first-order valence-corrected chi connectivity index (χ1v) is 7.55. The molecule has 1 aromatic carbocycles. The van der Waals surface area contributed by atoms with Gasteiger partial charge in [0, 0.05) is 17.8 Å². The number of aliphatic carboxylic acids is 1. The zero-order valence-electron chi connectivity index (χ0n) is 13.3. The van der Waals surface area contributed by atoms with E-state index >= 15 is 0 Å². The van der Waals surface area contributed by atoms with E-state index in [9.17, 15) is 9.59 Å². The summed E-state index contributed by atoms with van der Waals surface area (Å²) in [6.45, 7) is 0.177. The normalized spacial score (nSPS) is 11.5. The van der Waals surface area contributed by atoms with Crippen molar-refractivity contribution >= 4 is 12.4 Å². The summed E-state index contributed by atoms with van der Waals surface area (Å²) in [7, 11) is 1.58. The Kier molecular flexibility index (Phi) is 6.31. The minimum absolute atomic E-state index is 0.177. The van der Waals surface area contributed by atoms with Gasteiger partial charge in [0.1, 0.15) is 0 Å². The third-order valence-electron chi connectivity index (χ3n) is 3.66. The van der Waals surface area contributed by atoms with Crippen molar-refractivity contribution in [1.29, 1.82) is 0 Å². The molecule has 0 bridgehead atoms. The first-order valence-electron chi connectivity index (χ1n) is 7.55. The Morgan fingerprint density at radius 2 is 1.92 bits per heavy atom. The van der Waals surface area contributed by atoms with E-state index < -0.39 is 12.1 Å². The van der Waals surface area contributed by atoms with E-state index in [1.54, 1.807) is 13.3 Å². The molecule has 0 aliphatic carbocycles. The van der Waals surface area contributed by atoms with Crippen LogP contribution >= 0.6 is 0 Å². The van der Waals surface area contributed by atoms with Gasteiger partial charge < -0.3 is 14.6 Å². The monoisotopic (exact) mass is 329 g/mol. The summed E-state index contributed by atoms with van der Waals surface area (Å²) in [5.41, 5.74) is 3.13. The van der Waals surface area contributed by atoms with Crippen LogP contribution in [0.4, 0.5) is 0 Å². The Morgan fingerprint density at radius 1 is 1.21 bits per heavy atom. The molecule has 0 saturated heterocycles. The van der Waals surface area contributed by atoms with Crippen LogP contribution in [0.5, 0.6) is 5.88 Å². The second kappa shape index (κ2) is 8.67. The molecule has 1 heterocycles. The third-order valence-corrected chi connectivity index (χ3v) is 3.66. The Hall–Kier alpha value is -2.89. The second-order valence-electron chi connectivity index (χ2n) is 5.24. The highest BCUT2D eigenvalue weighted by atomic mass is 16.5. The highest BCUT2D eigenvalue weighted by Crippen LogP contribution is 2.21. The number of carboxylic acid groups (broad SMARTS) is 1. The molecule has 6 nitrogen and oxygen atoms in total. The molecule has 0 radical (unpaired) electrons. The SMILES string of the molecule is COc1ccc(-c2ccc(CCCC(OC=O)C(=O)O)cc2)cn1. The van der Waals surface area contributed by atoms with Gasteiger partial charge in [-0.1, -0.05) is 24.3 Å². The maximum absolute atomic E-state index is 10.9. The molecule has 1 unspecified atom stereocenters. The summed E-state index contributed by atoms with van der Waals surface area (Å²) >= 11 is 0. The number of rotatable bonds is 9. The predicted molar refractivity (Wildman–Crippen MR) is 87.7 cm³/mol. The number of benzene rings is 1. The number of carboxylic acids is 1. The highest BCUT2D eigenvalue weighted by molar-refractivity contribution is 5.73. The standard InChI is InChI=1S/C18H19NO5/c1-23-17-10-9-15(11-19-17)14-7-5-13(6-8-14)3-2-4-16(18(21)22)24-12-20/h5-12,16H,2-4H2,1H3,(H,21,22). The summed E-state index contributed by atoms with van der Waals surface area (Å²) < 4.78 is 9.58. The number of aromatic nitrogens is 1. The quantitative estimate of drug-likeness (QED) is 0.712. The van der Waals surface area contributed by atoms with Gasteiger partial charge in [-0.05, 0) is 36.5 Å². The molecule has 2 aromatic rings. The van der Waals surface area contributed by atoms with Gasteiger partial charge in [-0.3, -0.25) is 4.79 Å². The van der Waals surface area contributed by atoms with Crippen LogP contribution in [0.25, 0.3) is 11.1 Å². The van der Waals surface area contributed by atoms with E-state index in [-0.39, 0.29) is 12.9 Å². The first-order chi connectivity index (χ1) is 11.6. The van der Waals surface area contributed by atoms with Crippen LogP contribution < -0.4 is 4.74 Å². The third kappa shape index (κ3) is 4.81. The number of aryl methyl sites for hydroxylation is 1. The number of methoxy groups -OCH3 is 1. The number of carbonyl (C=O) groups excluding carboxylic acids is 1. The first kappa shape index (κ1) is 17.5. The van der Waals surface area contributed by atoms with E-state index in [0.29, 0.717) is 18.7 Å². The lowest BCUT2D eigenvalue weighted by Crippen LogP contribution is -2.23. The Morgan fingerprint density at radius 3 is 2.46 bits per heavy atom. The van der Waals surface area contributed by atoms with Gasteiger partial charge in [-0.2, -0.15) is 0 Å². The van der Waals surface area contributed by atoms with Gasteiger partial charge in [0.15, 0.2) is 6.10 Å².